The molecule has 4 nitrogen and oxygen atoms in total. The molecule has 3 aromatic rings. The van der Waals surface area contributed by atoms with Gasteiger partial charge < -0.3 is 10.6 Å². The smallest absolute Gasteiger partial charge is 0.188 e. The van der Waals surface area contributed by atoms with E-state index >= 15 is 0 Å². The van der Waals surface area contributed by atoms with E-state index in [0.29, 0.717) is 0 Å². The lowest BCUT2D eigenvalue weighted by atomic mass is 9.95. The summed E-state index contributed by atoms with van der Waals surface area (Å²) in [6, 6.07) is 14.8. The molecule has 1 aliphatic rings. The molecule has 0 bridgehead atoms. The summed E-state index contributed by atoms with van der Waals surface area (Å²) in [6.07, 6.45) is 6.79. The van der Waals surface area contributed by atoms with Gasteiger partial charge in [0.15, 0.2) is 5.13 Å². The zero-order chi connectivity index (χ0) is 18.5. The van der Waals surface area contributed by atoms with E-state index in [1.165, 1.54) is 41.0 Å². The standard InChI is InChI=1S/C22H26N4S/c1-16-7-9-18(10-8-16)20-15-24-22(27-20)26-21-6-2-5-19(25-21)14-17-4-3-12-23-13-11-17/h2,5-10,15,17,23H,3-4,11-14H2,1H3,(H,24,25,26). The highest BCUT2D eigenvalue weighted by Gasteiger charge is 2.13. The Morgan fingerprint density at radius 3 is 2.89 bits per heavy atom. The van der Waals surface area contributed by atoms with Crippen LogP contribution in [0, 0.1) is 12.8 Å². The van der Waals surface area contributed by atoms with Crippen molar-refractivity contribution in [3.8, 4) is 10.4 Å². The Kier molecular flexibility index (Phi) is 5.80. The number of nitrogens with zero attached hydrogens (tertiary/aromatic N) is 2. The van der Waals surface area contributed by atoms with Crippen LogP contribution in [0.15, 0.2) is 48.7 Å². The Bertz CT molecular complexity index is 864. The van der Waals surface area contributed by atoms with Gasteiger partial charge in [-0.2, -0.15) is 0 Å². The van der Waals surface area contributed by atoms with E-state index in [1.807, 2.05) is 12.3 Å². The fourth-order valence-corrected chi connectivity index (χ4v) is 4.38. The summed E-state index contributed by atoms with van der Waals surface area (Å²) < 4.78 is 0. The topological polar surface area (TPSA) is 49.8 Å². The average Bonchev–Trinajstić information content (AvgIpc) is 2.98. The van der Waals surface area contributed by atoms with Crippen molar-refractivity contribution in [1.29, 1.82) is 0 Å². The summed E-state index contributed by atoms with van der Waals surface area (Å²) in [6.45, 7) is 4.38. The van der Waals surface area contributed by atoms with Crippen LogP contribution < -0.4 is 10.6 Å². The summed E-state index contributed by atoms with van der Waals surface area (Å²) in [4.78, 5) is 10.5. The Labute approximate surface area is 165 Å². The van der Waals surface area contributed by atoms with Crippen molar-refractivity contribution in [2.45, 2.75) is 32.6 Å². The lowest BCUT2D eigenvalue weighted by molar-refractivity contribution is 0.465. The quantitative estimate of drug-likeness (QED) is 0.641. The first-order chi connectivity index (χ1) is 13.3. The molecule has 1 fully saturated rings. The van der Waals surface area contributed by atoms with E-state index in [4.69, 9.17) is 4.98 Å². The van der Waals surface area contributed by atoms with E-state index in [9.17, 15) is 0 Å². The van der Waals surface area contributed by atoms with Crippen LogP contribution in [0.3, 0.4) is 0 Å². The van der Waals surface area contributed by atoms with Gasteiger partial charge in [-0.25, -0.2) is 9.97 Å². The monoisotopic (exact) mass is 378 g/mol. The second-order valence-corrected chi connectivity index (χ2v) is 8.32. The first-order valence-electron chi connectivity index (χ1n) is 9.73. The van der Waals surface area contributed by atoms with Gasteiger partial charge in [0.05, 0.1) is 4.88 Å². The number of pyridine rings is 1. The van der Waals surface area contributed by atoms with Crippen molar-refractivity contribution >= 4 is 22.3 Å². The summed E-state index contributed by atoms with van der Waals surface area (Å²) in [5.41, 5.74) is 3.64. The molecular formula is C22H26N4S. The largest absolute Gasteiger partial charge is 0.317 e. The van der Waals surface area contributed by atoms with E-state index in [2.05, 4.69) is 58.9 Å². The van der Waals surface area contributed by atoms with Gasteiger partial charge >= 0.3 is 0 Å². The van der Waals surface area contributed by atoms with Crippen LogP contribution in [-0.2, 0) is 6.42 Å². The van der Waals surface area contributed by atoms with Crippen molar-refractivity contribution in [2.75, 3.05) is 18.4 Å². The van der Waals surface area contributed by atoms with Gasteiger partial charge in [0.1, 0.15) is 5.82 Å². The molecule has 1 saturated heterocycles. The van der Waals surface area contributed by atoms with Crippen LogP contribution in [0.2, 0.25) is 0 Å². The fraction of sp³-hybridized carbons (Fsp3) is 0.364. The van der Waals surface area contributed by atoms with Crippen LogP contribution in [0.25, 0.3) is 10.4 Å². The SMILES string of the molecule is Cc1ccc(-c2cnc(Nc3cccc(CC4CCCNCC4)n3)s2)cc1. The molecular weight excluding hydrogens is 352 g/mol. The third kappa shape index (κ3) is 4.93. The zero-order valence-electron chi connectivity index (χ0n) is 15.7. The van der Waals surface area contributed by atoms with Crippen molar-refractivity contribution in [1.82, 2.24) is 15.3 Å². The number of aromatic nitrogens is 2. The summed E-state index contributed by atoms with van der Waals surface area (Å²) in [5, 5.41) is 7.75. The predicted molar refractivity (Wildman–Crippen MR) is 114 cm³/mol. The van der Waals surface area contributed by atoms with Gasteiger partial charge in [0.2, 0.25) is 0 Å². The Balaban J connectivity index is 1.43. The molecule has 140 valence electrons. The molecule has 0 spiro atoms. The third-order valence-electron chi connectivity index (χ3n) is 5.08. The molecule has 3 heterocycles. The second-order valence-electron chi connectivity index (χ2n) is 7.29. The molecule has 1 unspecified atom stereocenters. The molecule has 2 N–H and O–H groups in total. The number of rotatable bonds is 5. The molecule has 1 aliphatic heterocycles. The molecule has 0 saturated carbocycles. The van der Waals surface area contributed by atoms with Crippen molar-refractivity contribution in [2.24, 2.45) is 5.92 Å². The number of nitrogens with one attached hydrogen (secondary N) is 2. The van der Waals surface area contributed by atoms with Gasteiger partial charge in [-0.15, -0.1) is 0 Å². The number of hydrogen-bond donors (Lipinski definition) is 2. The van der Waals surface area contributed by atoms with E-state index in [1.54, 1.807) is 11.3 Å². The Morgan fingerprint density at radius 1 is 1.11 bits per heavy atom. The van der Waals surface area contributed by atoms with Gasteiger partial charge in [-0.3, -0.25) is 0 Å². The first kappa shape index (κ1) is 18.1. The zero-order valence-corrected chi connectivity index (χ0v) is 16.6. The molecule has 4 rings (SSSR count). The Morgan fingerprint density at radius 2 is 2.00 bits per heavy atom. The fourth-order valence-electron chi connectivity index (χ4n) is 3.55. The predicted octanol–water partition coefficient (Wildman–Crippen LogP) is 5.19. The van der Waals surface area contributed by atoms with E-state index in [0.717, 1.165) is 36.4 Å². The minimum atomic E-state index is 0.732. The molecule has 1 atom stereocenters. The van der Waals surface area contributed by atoms with Crippen LogP contribution in [0.1, 0.15) is 30.5 Å². The van der Waals surface area contributed by atoms with E-state index in [-0.39, 0.29) is 0 Å². The minimum Gasteiger partial charge on any atom is -0.317 e. The van der Waals surface area contributed by atoms with E-state index < -0.39 is 0 Å². The number of hydrogen-bond acceptors (Lipinski definition) is 5. The number of anilines is 2. The van der Waals surface area contributed by atoms with Crippen LogP contribution in [0.4, 0.5) is 10.9 Å². The normalized spacial score (nSPS) is 17.4. The highest BCUT2D eigenvalue weighted by molar-refractivity contribution is 7.18. The molecule has 27 heavy (non-hydrogen) atoms. The highest BCUT2D eigenvalue weighted by Crippen LogP contribution is 2.30. The lowest BCUT2D eigenvalue weighted by Gasteiger charge is -2.13. The van der Waals surface area contributed by atoms with Crippen molar-refractivity contribution < 1.29 is 0 Å². The van der Waals surface area contributed by atoms with Gasteiger partial charge in [-0.05, 0) is 69.3 Å². The first-order valence-corrected chi connectivity index (χ1v) is 10.5. The van der Waals surface area contributed by atoms with Gasteiger partial charge in [0, 0.05) is 11.9 Å². The number of aryl methyl sites for hydroxylation is 1. The molecule has 2 aromatic heterocycles. The molecule has 1 aromatic carbocycles. The number of benzene rings is 1. The van der Waals surface area contributed by atoms with Gasteiger partial charge in [0.25, 0.3) is 0 Å². The summed E-state index contributed by atoms with van der Waals surface area (Å²) in [5.74, 6) is 1.61. The molecule has 0 aliphatic carbocycles. The average molecular weight is 379 g/mol. The van der Waals surface area contributed by atoms with Gasteiger partial charge in [-0.1, -0.05) is 47.2 Å². The van der Waals surface area contributed by atoms with Crippen molar-refractivity contribution in [3.63, 3.8) is 0 Å². The molecule has 0 radical (unpaired) electrons. The maximum atomic E-state index is 4.82. The third-order valence-corrected chi connectivity index (χ3v) is 6.04. The Hall–Kier alpha value is -2.24. The van der Waals surface area contributed by atoms with Crippen LogP contribution in [-0.4, -0.2) is 23.1 Å². The van der Waals surface area contributed by atoms with Crippen LogP contribution >= 0.6 is 11.3 Å². The highest BCUT2D eigenvalue weighted by atomic mass is 32.1. The summed E-state index contributed by atoms with van der Waals surface area (Å²) >= 11 is 1.66. The molecule has 0 amide bonds. The van der Waals surface area contributed by atoms with Crippen molar-refractivity contribution in [3.05, 3.63) is 59.9 Å². The lowest BCUT2D eigenvalue weighted by Crippen LogP contribution is -2.14. The maximum Gasteiger partial charge on any atom is 0.188 e. The maximum absolute atomic E-state index is 4.82. The number of thiazole rings is 1. The summed E-state index contributed by atoms with van der Waals surface area (Å²) in [7, 11) is 0. The molecule has 5 heteroatoms. The second kappa shape index (κ2) is 8.63. The minimum absolute atomic E-state index is 0.732. The van der Waals surface area contributed by atoms with Crippen LogP contribution in [0.5, 0.6) is 0 Å².